The summed E-state index contributed by atoms with van der Waals surface area (Å²) < 4.78 is 0. The minimum Gasteiger partial charge on any atom is -0.333 e. The lowest BCUT2D eigenvalue weighted by Crippen LogP contribution is -2.52. The molecule has 0 radical (unpaired) electrons. The van der Waals surface area contributed by atoms with Gasteiger partial charge in [0.15, 0.2) is 0 Å². The zero-order valence-corrected chi connectivity index (χ0v) is 11.1. The van der Waals surface area contributed by atoms with E-state index in [0.717, 1.165) is 25.2 Å². The van der Waals surface area contributed by atoms with Crippen molar-refractivity contribution in [3.8, 4) is 0 Å². The van der Waals surface area contributed by atoms with Crippen molar-refractivity contribution >= 4 is 17.7 Å². The summed E-state index contributed by atoms with van der Waals surface area (Å²) in [6, 6.07) is 8.12. The Hall–Kier alpha value is -1.00. The standard InChI is InChI=1S/C13H18N2OS/c1-10-9-14-7-8-15(10)13(16)11-3-5-12(17-2)6-4-11/h3-6,10,14H,7-9H2,1-2H3/t10-/m0/s1. The predicted octanol–water partition coefficient (Wildman–Crippen LogP) is 1.84. The Labute approximate surface area is 107 Å². The first-order valence-electron chi connectivity index (χ1n) is 5.88. The number of hydrogen-bond donors (Lipinski definition) is 1. The zero-order chi connectivity index (χ0) is 12.3. The van der Waals surface area contributed by atoms with Gasteiger partial charge >= 0.3 is 0 Å². The highest BCUT2D eigenvalue weighted by atomic mass is 32.2. The number of carbonyl (C=O) groups excluding carboxylic acids is 1. The van der Waals surface area contributed by atoms with Crippen LogP contribution in [-0.2, 0) is 0 Å². The molecule has 1 atom stereocenters. The van der Waals surface area contributed by atoms with Gasteiger partial charge in [-0.25, -0.2) is 0 Å². The van der Waals surface area contributed by atoms with Crippen LogP contribution in [0.1, 0.15) is 17.3 Å². The maximum Gasteiger partial charge on any atom is 0.254 e. The second-order valence-electron chi connectivity index (χ2n) is 4.28. The number of amides is 1. The second-order valence-corrected chi connectivity index (χ2v) is 5.16. The van der Waals surface area contributed by atoms with Crippen molar-refractivity contribution in [2.45, 2.75) is 17.9 Å². The molecule has 92 valence electrons. The Bertz CT molecular complexity index is 391. The molecule has 1 saturated heterocycles. The highest BCUT2D eigenvalue weighted by Gasteiger charge is 2.23. The molecule has 0 spiro atoms. The van der Waals surface area contributed by atoms with Crippen molar-refractivity contribution in [2.24, 2.45) is 0 Å². The molecule has 1 heterocycles. The Balaban J connectivity index is 2.12. The first kappa shape index (κ1) is 12.5. The van der Waals surface area contributed by atoms with Crippen LogP contribution in [0.3, 0.4) is 0 Å². The second kappa shape index (κ2) is 5.56. The molecule has 1 N–H and O–H groups in total. The SMILES string of the molecule is CSc1ccc(C(=O)N2CCNC[C@@H]2C)cc1. The van der Waals surface area contributed by atoms with Crippen LogP contribution in [0.15, 0.2) is 29.2 Å². The Morgan fingerprint density at radius 2 is 2.12 bits per heavy atom. The van der Waals surface area contributed by atoms with Crippen LogP contribution in [-0.4, -0.2) is 42.7 Å². The lowest BCUT2D eigenvalue weighted by molar-refractivity contribution is 0.0655. The molecule has 3 nitrogen and oxygen atoms in total. The average molecular weight is 250 g/mol. The van der Waals surface area contributed by atoms with Gasteiger partial charge in [0.05, 0.1) is 0 Å². The molecular weight excluding hydrogens is 232 g/mol. The summed E-state index contributed by atoms with van der Waals surface area (Å²) in [4.78, 5) is 15.4. The summed E-state index contributed by atoms with van der Waals surface area (Å²) in [5.74, 6) is 0.145. The van der Waals surface area contributed by atoms with E-state index < -0.39 is 0 Å². The topological polar surface area (TPSA) is 32.3 Å². The molecule has 1 amide bonds. The molecule has 4 heteroatoms. The van der Waals surface area contributed by atoms with E-state index in [0.29, 0.717) is 0 Å². The number of nitrogens with one attached hydrogen (secondary N) is 1. The van der Waals surface area contributed by atoms with E-state index in [4.69, 9.17) is 0 Å². The van der Waals surface area contributed by atoms with Crippen LogP contribution in [0.25, 0.3) is 0 Å². The van der Waals surface area contributed by atoms with Crippen LogP contribution in [0.2, 0.25) is 0 Å². The van der Waals surface area contributed by atoms with Crippen molar-refractivity contribution in [2.75, 3.05) is 25.9 Å². The summed E-state index contributed by atoms with van der Waals surface area (Å²) in [6.45, 7) is 4.65. The third-order valence-electron chi connectivity index (χ3n) is 3.10. The summed E-state index contributed by atoms with van der Waals surface area (Å²) in [6.07, 6.45) is 2.04. The van der Waals surface area contributed by atoms with Gasteiger partial charge in [-0.1, -0.05) is 0 Å². The van der Waals surface area contributed by atoms with Gasteiger partial charge in [-0.15, -0.1) is 11.8 Å². The van der Waals surface area contributed by atoms with Gasteiger partial charge in [-0.3, -0.25) is 4.79 Å². The predicted molar refractivity (Wildman–Crippen MR) is 71.6 cm³/mol. The monoisotopic (exact) mass is 250 g/mol. The molecule has 0 saturated carbocycles. The van der Waals surface area contributed by atoms with Gasteiger partial charge < -0.3 is 10.2 Å². The number of hydrogen-bond acceptors (Lipinski definition) is 3. The number of carbonyl (C=O) groups is 1. The van der Waals surface area contributed by atoms with Crippen molar-refractivity contribution in [1.82, 2.24) is 10.2 Å². The van der Waals surface area contributed by atoms with E-state index in [9.17, 15) is 4.79 Å². The van der Waals surface area contributed by atoms with Gasteiger partial charge in [0, 0.05) is 36.1 Å². The summed E-state index contributed by atoms with van der Waals surface area (Å²) in [5.41, 5.74) is 0.788. The van der Waals surface area contributed by atoms with Crippen molar-refractivity contribution in [3.05, 3.63) is 29.8 Å². The fraction of sp³-hybridized carbons (Fsp3) is 0.462. The van der Waals surface area contributed by atoms with E-state index in [-0.39, 0.29) is 11.9 Å². The molecular formula is C13H18N2OS. The van der Waals surface area contributed by atoms with E-state index in [1.807, 2.05) is 35.4 Å². The minimum atomic E-state index is 0.145. The van der Waals surface area contributed by atoms with Crippen LogP contribution < -0.4 is 5.32 Å². The van der Waals surface area contributed by atoms with Crippen LogP contribution in [0.5, 0.6) is 0 Å². The van der Waals surface area contributed by atoms with Gasteiger partial charge in [0.25, 0.3) is 5.91 Å². The zero-order valence-electron chi connectivity index (χ0n) is 10.3. The van der Waals surface area contributed by atoms with Crippen molar-refractivity contribution < 1.29 is 4.79 Å². The fourth-order valence-corrected chi connectivity index (χ4v) is 2.45. The first-order valence-corrected chi connectivity index (χ1v) is 7.10. The normalized spacial score (nSPS) is 20.4. The number of piperazine rings is 1. The summed E-state index contributed by atoms with van der Waals surface area (Å²) >= 11 is 1.69. The fourth-order valence-electron chi connectivity index (χ4n) is 2.04. The molecule has 0 unspecified atom stereocenters. The molecule has 1 aliphatic rings. The lowest BCUT2D eigenvalue weighted by atomic mass is 10.1. The largest absolute Gasteiger partial charge is 0.333 e. The lowest BCUT2D eigenvalue weighted by Gasteiger charge is -2.34. The minimum absolute atomic E-state index is 0.145. The van der Waals surface area contributed by atoms with Gasteiger partial charge in [0.2, 0.25) is 0 Å². The maximum absolute atomic E-state index is 12.3. The Kier molecular flexibility index (Phi) is 4.07. The number of rotatable bonds is 2. The molecule has 1 fully saturated rings. The summed E-state index contributed by atoms with van der Waals surface area (Å²) in [7, 11) is 0. The molecule has 1 aromatic carbocycles. The van der Waals surface area contributed by atoms with Gasteiger partial charge in [0.1, 0.15) is 0 Å². The average Bonchev–Trinajstić information content (AvgIpc) is 2.39. The van der Waals surface area contributed by atoms with E-state index in [1.54, 1.807) is 11.8 Å². The number of nitrogens with zero attached hydrogens (tertiary/aromatic N) is 1. The smallest absolute Gasteiger partial charge is 0.254 e. The van der Waals surface area contributed by atoms with Crippen molar-refractivity contribution in [1.29, 1.82) is 0 Å². The van der Waals surface area contributed by atoms with E-state index >= 15 is 0 Å². The molecule has 0 aliphatic carbocycles. The van der Waals surface area contributed by atoms with Crippen LogP contribution >= 0.6 is 11.8 Å². The first-order chi connectivity index (χ1) is 8.22. The number of thioether (sulfide) groups is 1. The molecule has 2 rings (SSSR count). The molecule has 1 aromatic rings. The molecule has 0 bridgehead atoms. The van der Waals surface area contributed by atoms with Crippen LogP contribution in [0.4, 0.5) is 0 Å². The molecule has 0 aromatic heterocycles. The highest BCUT2D eigenvalue weighted by molar-refractivity contribution is 7.98. The van der Waals surface area contributed by atoms with Gasteiger partial charge in [-0.2, -0.15) is 0 Å². The highest BCUT2D eigenvalue weighted by Crippen LogP contribution is 2.17. The van der Waals surface area contributed by atoms with E-state index in [2.05, 4.69) is 12.2 Å². The quantitative estimate of drug-likeness (QED) is 0.813. The molecule has 1 aliphatic heterocycles. The van der Waals surface area contributed by atoms with Gasteiger partial charge in [-0.05, 0) is 37.4 Å². The van der Waals surface area contributed by atoms with Crippen LogP contribution in [0, 0.1) is 0 Å². The maximum atomic E-state index is 12.3. The third-order valence-corrected chi connectivity index (χ3v) is 3.84. The Morgan fingerprint density at radius 3 is 2.71 bits per heavy atom. The Morgan fingerprint density at radius 1 is 1.41 bits per heavy atom. The van der Waals surface area contributed by atoms with Crippen molar-refractivity contribution in [3.63, 3.8) is 0 Å². The number of benzene rings is 1. The van der Waals surface area contributed by atoms with E-state index in [1.165, 1.54) is 4.90 Å². The molecule has 17 heavy (non-hydrogen) atoms. The third kappa shape index (κ3) is 2.82. The summed E-state index contributed by atoms with van der Waals surface area (Å²) in [5, 5.41) is 3.29.